The smallest absolute Gasteiger partial charge is 0.338 e. The van der Waals surface area contributed by atoms with Crippen LogP contribution in [0.1, 0.15) is 40.5 Å². The number of thioether (sulfide) groups is 1. The number of hydrogen-bond donors (Lipinski definition) is 0. The molecular weight excluding hydrogens is 366 g/mol. The quantitative estimate of drug-likeness (QED) is 0.586. The highest BCUT2D eigenvalue weighted by molar-refractivity contribution is 9.10. The van der Waals surface area contributed by atoms with E-state index < -0.39 is 0 Å². The second-order valence-electron chi connectivity index (χ2n) is 5.18. The summed E-state index contributed by atoms with van der Waals surface area (Å²) in [6.07, 6.45) is 4.32. The molecule has 1 saturated carbocycles. The zero-order chi connectivity index (χ0) is 15.7. The second kappa shape index (κ2) is 6.42. The Morgan fingerprint density at radius 2 is 2.27 bits per heavy atom. The van der Waals surface area contributed by atoms with Gasteiger partial charge in [0.05, 0.1) is 19.2 Å². The molecule has 116 valence electrons. The van der Waals surface area contributed by atoms with E-state index in [2.05, 4.69) is 26.0 Å². The topological polar surface area (TPSA) is 57.0 Å². The van der Waals surface area contributed by atoms with Gasteiger partial charge in [-0.05, 0) is 42.9 Å². The van der Waals surface area contributed by atoms with Gasteiger partial charge in [0.2, 0.25) is 0 Å². The number of aromatic nitrogens is 3. The van der Waals surface area contributed by atoms with Gasteiger partial charge in [0.1, 0.15) is 0 Å². The van der Waals surface area contributed by atoms with E-state index in [1.807, 2.05) is 23.1 Å². The summed E-state index contributed by atoms with van der Waals surface area (Å²) in [7, 11) is 1.39. The molecule has 0 unspecified atom stereocenters. The molecule has 0 aliphatic heterocycles. The molecule has 3 rings (SSSR count). The molecule has 1 fully saturated rings. The molecule has 22 heavy (non-hydrogen) atoms. The Labute approximate surface area is 141 Å². The molecule has 1 heterocycles. The Hall–Kier alpha value is -1.34. The van der Waals surface area contributed by atoms with Crippen LogP contribution in [-0.2, 0) is 11.3 Å². The summed E-state index contributed by atoms with van der Waals surface area (Å²) in [5.41, 5.74) is 1.42. The highest BCUT2D eigenvalue weighted by Gasteiger charge is 2.29. The fourth-order valence-electron chi connectivity index (χ4n) is 2.28. The predicted octanol–water partition coefficient (Wildman–Crippen LogP) is 3.47. The number of esters is 1. The molecule has 1 aromatic heterocycles. The van der Waals surface area contributed by atoms with Crippen molar-refractivity contribution in [3.8, 4) is 0 Å². The number of ether oxygens (including phenoxy) is 1. The van der Waals surface area contributed by atoms with Gasteiger partial charge in [-0.1, -0.05) is 27.7 Å². The van der Waals surface area contributed by atoms with E-state index in [9.17, 15) is 4.79 Å². The summed E-state index contributed by atoms with van der Waals surface area (Å²) in [6, 6.07) is 5.53. The van der Waals surface area contributed by atoms with E-state index in [1.54, 1.807) is 17.8 Å². The molecule has 1 aliphatic carbocycles. The Morgan fingerprint density at radius 3 is 2.91 bits per heavy atom. The summed E-state index contributed by atoms with van der Waals surface area (Å²) in [5.74, 6) is 1.09. The van der Waals surface area contributed by atoms with Gasteiger partial charge in [-0.3, -0.25) is 0 Å². The first-order valence-electron chi connectivity index (χ1n) is 6.98. The fourth-order valence-corrected chi connectivity index (χ4v) is 3.19. The van der Waals surface area contributed by atoms with Crippen LogP contribution in [0.25, 0.3) is 0 Å². The van der Waals surface area contributed by atoms with Crippen LogP contribution in [0.15, 0.2) is 27.8 Å². The highest BCUT2D eigenvalue weighted by Crippen LogP contribution is 2.38. The molecule has 0 amide bonds. The van der Waals surface area contributed by atoms with Crippen molar-refractivity contribution in [1.29, 1.82) is 0 Å². The molecular formula is C15H16BrN3O2S. The maximum absolute atomic E-state index is 11.9. The zero-order valence-corrected chi connectivity index (χ0v) is 14.8. The monoisotopic (exact) mass is 381 g/mol. The van der Waals surface area contributed by atoms with Crippen LogP contribution in [0.4, 0.5) is 0 Å². The molecule has 0 N–H and O–H groups in total. The molecule has 1 aromatic carbocycles. The Morgan fingerprint density at radius 1 is 1.50 bits per heavy atom. The van der Waals surface area contributed by atoms with Crippen molar-refractivity contribution < 1.29 is 9.53 Å². The fraction of sp³-hybridized carbons (Fsp3) is 0.400. The van der Waals surface area contributed by atoms with Crippen molar-refractivity contribution in [2.45, 2.75) is 30.5 Å². The molecule has 0 radical (unpaired) electrons. The predicted molar refractivity (Wildman–Crippen MR) is 88.4 cm³/mol. The first-order valence-corrected chi connectivity index (χ1v) is 8.99. The molecule has 2 aromatic rings. The van der Waals surface area contributed by atoms with Crippen molar-refractivity contribution in [3.63, 3.8) is 0 Å². The second-order valence-corrected chi connectivity index (χ2v) is 6.87. The summed E-state index contributed by atoms with van der Waals surface area (Å²) in [4.78, 5) is 16.5. The van der Waals surface area contributed by atoms with E-state index in [0.717, 1.165) is 21.0 Å². The van der Waals surface area contributed by atoms with E-state index in [4.69, 9.17) is 4.74 Å². The average Bonchev–Trinajstić information content (AvgIpc) is 3.28. The summed E-state index contributed by atoms with van der Waals surface area (Å²) >= 11 is 5.02. The first-order chi connectivity index (χ1) is 10.6. The Bertz CT molecular complexity index is 713. The minimum atomic E-state index is -0.337. The molecule has 1 aliphatic rings. The lowest BCUT2D eigenvalue weighted by atomic mass is 10.1. The number of rotatable bonds is 5. The minimum absolute atomic E-state index is 0.337. The third-order valence-electron chi connectivity index (χ3n) is 3.57. The minimum Gasteiger partial charge on any atom is -0.465 e. The molecule has 5 nitrogen and oxygen atoms in total. The molecule has 0 saturated heterocycles. The number of halogens is 1. The van der Waals surface area contributed by atoms with Crippen molar-refractivity contribution in [1.82, 2.24) is 14.8 Å². The Balaban J connectivity index is 1.95. The average molecular weight is 382 g/mol. The number of carbonyl (C=O) groups is 1. The lowest BCUT2D eigenvalue weighted by Crippen LogP contribution is -2.11. The van der Waals surface area contributed by atoms with Crippen molar-refractivity contribution >= 4 is 33.7 Å². The van der Waals surface area contributed by atoms with Crippen LogP contribution in [-0.4, -0.2) is 34.1 Å². The number of nitrogens with zero attached hydrogens (tertiary/aromatic N) is 3. The molecule has 0 atom stereocenters. The van der Waals surface area contributed by atoms with Gasteiger partial charge in [-0.2, -0.15) is 5.10 Å². The van der Waals surface area contributed by atoms with Crippen LogP contribution in [0.2, 0.25) is 0 Å². The number of carbonyl (C=O) groups excluding carboxylic acids is 1. The van der Waals surface area contributed by atoms with Crippen LogP contribution in [0.5, 0.6) is 0 Å². The van der Waals surface area contributed by atoms with Gasteiger partial charge in [0, 0.05) is 10.4 Å². The lowest BCUT2D eigenvalue weighted by molar-refractivity contribution is 0.0599. The number of benzene rings is 1. The van der Waals surface area contributed by atoms with E-state index in [-0.39, 0.29) is 5.97 Å². The largest absolute Gasteiger partial charge is 0.465 e. The lowest BCUT2D eigenvalue weighted by Gasteiger charge is -2.10. The van der Waals surface area contributed by atoms with Crippen LogP contribution in [0.3, 0.4) is 0 Å². The summed E-state index contributed by atoms with van der Waals surface area (Å²) in [6.45, 7) is 0.500. The third kappa shape index (κ3) is 3.20. The zero-order valence-electron chi connectivity index (χ0n) is 12.4. The van der Waals surface area contributed by atoms with Crippen molar-refractivity contribution in [2.75, 3.05) is 13.4 Å². The van der Waals surface area contributed by atoms with Gasteiger partial charge in [0.25, 0.3) is 0 Å². The van der Waals surface area contributed by atoms with E-state index >= 15 is 0 Å². The van der Waals surface area contributed by atoms with Crippen molar-refractivity contribution in [3.05, 3.63) is 39.6 Å². The number of methoxy groups -OCH3 is 1. The standard InChI is InChI=1S/C15H16BrN3O2S/c1-21-14(20)12-6-5-11(16)7-10(12)8-19-15(22-2)17-13(18-19)9-3-4-9/h5-7,9H,3-4,8H2,1-2H3. The Kier molecular flexibility index (Phi) is 4.54. The van der Waals surface area contributed by atoms with Crippen LogP contribution >= 0.6 is 27.7 Å². The maximum atomic E-state index is 11.9. The van der Waals surface area contributed by atoms with Crippen molar-refractivity contribution in [2.24, 2.45) is 0 Å². The van der Waals surface area contributed by atoms with Gasteiger partial charge in [-0.15, -0.1) is 0 Å². The van der Waals surface area contributed by atoms with E-state index in [1.165, 1.54) is 20.0 Å². The maximum Gasteiger partial charge on any atom is 0.338 e. The summed E-state index contributed by atoms with van der Waals surface area (Å²) < 4.78 is 7.65. The van der Waals surface area contributed by atoms with Crippen LogP contribution < -0.4 is 0 Å². The third-order valence-corrected chi connectivity index (χ3v) is 4.73. The van der Waals surface area contributed by atoms with Gasteiger partial charge in [0.15, 0.2) is 11.0 Å². The van der Waals surface area contributed by atoms with Crippen LogP contribution in [0, 0.1) is 0 Å². The normalized spacial score (nSPS) is 14.1. The summed E-state index contributed by atoms with van der Waals surface area (Å²) in [5, 5.41) is 5.48. The SMILES string of the molecule is COC(=O)c1ccc(Br)cc1Cn1nc(C2CC2)nc1SC. The van der Waals surface area contributed by atoms with Gasteiger partial charge >= 0.3 is 5.97 Å². The van der Waals surface area contributed by atoms with Gasteiger partial charge < -0.3 is 4.74 Å². The molecule has 0 spiro atoms. The molecule has 0 bridgehead atoms. The molecule has 7 heteroatoms. The number of hydrogen-bond acceptors (Lipinski definition) is 5. The highest BCUT2D eigenvalue weighted by atomic mass is 79.9. The first kappa shape index (κ1) is 15.6. The van der Waals surface area contributed by atoms with Gasteiger partial charge in [-0.25, -0.2) is 14.5 Å². The van der Waals surface area contributed by atoms with E-state index in [0.29, 0.717) is 18.0 Å².